The minimum absolute atomic E-state index is 0.0929. The molecule has 1 aromatic heterocycles. The van der Waals surface area contributed by atoms with Crippen LogP contribution in [-0.4, -0.2) is 20.7 Å². The predicted octanol–water partition coefficient (Wildman–Crippen LogP) is 5.15. The molecule has 3 aromatic carbocycles. The van der Waals surface area contributed by atoms with Crippen LogP contribution in [0.2, 0.25) is 5.02 Å². The summed E-state index contributed by atoms with van der Waals surface area (Å²) in [5.74, 6) is 0.314. The van der Waals surface area contributed by atoms with Crippen LogP contribution in [0.5, 0.6) is 0 Å². The fourth-order valence-corrected chi connectivity index (χ4v) is 2.97. The van der Waals surface area contributed by atoms with E-state index in [4.69, 9.17) is 11.6 Å². The summed E-state index contributed by atoms with van der Waals surface area (Å²) < 4.78 is 1.69. The molecule has 0 radical (unpaired) electrons. The topological polar surface area (TPSA) is 59.8 Å². The summed E-state index contributed by atoms with van der Waals surface area (Å²) in [5.41, 5.74) is 3.45. The van der Waals surface area contributed by atoms with E-state index in [1.165, 1.54) is 0 Å². The highest BCUT2D eigenvalue weighted by Gasteiger charge is 2.19. The number of carbonyl (C=O) groups is 1. The number of hydrogen-bond acceptors (Lipinski definition) is 3. The lowest BCUT2D eigenvalue weighted by atomic mass is 10.2. The van der Waals surface area contributed by atoms with Crippen molar-refractivity contribution in [3.05, 3.63) is 95.3 Å². The smallest absolute Gasteiger partial charge is 0.295 e. The molecule has 0 atom stereocenters. The molecule has 5 nitrogen and oxygen atoms in total. The zero-order valence-electron chi connectivity index (χ0n) is 15.1. The van der Waals surface area contributed by atoms with Crippen LogP contribution in [-0.2, 0) is 0 Å². The Labute approximate surface area is 167 Å². The molecule has 6 heteroatoms. The molecular weight excluding hydrogens is 372 g/mol. The Balaban J connectivity index is 1.74. The van der Waals surface area contributed by atoms with Crippen LogP contribution >= 0.6 is 11.6 Å². The van der Waals surface area contributed by atoms with E-state index in [1.807, 2.05) is 61.5 Å². The number of benzene rings is 3. The maximum absolute atomic E-state index is 12.7. The summed E-state index contributed by atoms with van der Waals surface area (Å²) in [4.78, 5) is 17.2. The number of nitrogens with one attached hydrogen (secondary N) is 1. The van der Waals surface area contributed by atoms with E-state index in [0.717, 1.165) is 16.8 Å². The van der Waals surface area contributed by atoms with Crippen molar-refractivity contribution < 1.29 is 4.79 Å². The maximum atomic E-state index is 12.7. The van der Waals surface area contributed by atoms with Gasteiger partial charge < -0.3 is 5.32 Å². The lowest BCUT2D eigenvalue weighted by molar-refractivity contribution is 0.101. The molecule has 0 unspecified atom stereocenters. The van der Waals surface area contributed by atoms with Crippen LogP contribution in [0.3, 0.4) is 0 Å². The van der Waals surface area contributed by atoms with Crippen molar-refractivity contribution in [2.24, 2.45) is 0 Å². The van der Waals surface area contributed by atoms with Gasteiger partial charge in [-0.2, -0.15) is 0 Å². The van der Waals surface area contributed by atoms with Crippen molar-refractivity contribution in [2.45, 2.75) is 6.92 Å². The van der Waals surface area contributed by atoms with Gasteiger partial charge in [0.2, 0.25) is 5.82 Å². The van der Waals surface area contributed by atoms with Gasteiger partial charge in [0, 0.05) is 16.3 Å². The van der Waals surface area contributed by atoms with E-state index in [9.17, 15) is 4.79 Å². The number of nitrogens with zero attached hydrogens (tertiary/aromatic N) is 3. The largest absolute Gasteiger partial charge is 0.319 e. The SMILES string of the molecule is Cc1cccc(-n2nc(C(=O)Nc3ccc(Cl)cc3)nc2-c2ccccc2)c1. The third-order valence-electron chi connectivity index (χ3n) is 4.19. The second kappa shape index (κ2) is 7.66. The van der Waals surface area contributed by atoms with Crippen LogP contribution < -0.4 is 5.32 Å². The highest BCUT2D eigenvalue weighted by atomic mass is 35.5. The number of amides is 1. The fourth-order valence-electron chi connectivity index (χ4n) is 2.84. The monoisotopic (exact) mass is 388 g/mol. The van der Waals surface area contributed by atoms with Crippen molar-refractivity contribution in [1.82, 2.24) is 14.8 Å². The standard InChI is InChI=1S/C22H17ClN4O/c1-15-6-5-9-19(14-15)27-21(16-7-3-2-4-8-16)25-20(26-27)22(28)24-18-12-10-17(23)11-13-18/h2-14H,1H3,(H,24,28). The molecule has 1 N–H and O–H groups in total. The summed E-state index contributed by atoms with van der Waals surface area (Å²) in [7, 11) is 0. The first kappa shape index (κ1) is 17.9. The van der Waals surface area contributed by atoms with Crippen LogP contribution in [0.1, 0.15) is 16.2 Å². The summed E-state index contributed by atoms with van der Waals surface area (Å²) in [6.45, 7) is 2.01. The Morgan fingerprint density at radius 3 is 2.43 bits per heavy atom. The molecule has 28 heavy (non-hydrogen) atoms. The van der Waals surface area contributed by atoms with Gasteiger partial charge in [-0.1, -0.05) is 54.1 Å². The number of anilines is 1. The molecule has 0 spiro atoms. The van der Waals surface area contributed by atoms with Crippen molar-refractivity contribution >= 4 is 23.2 Å². The van der Waals surface area contributed by atoms with Gasteiger partial charge >= 0.3 is 0 Å². The summed E-state index contributed by atoms with van der Waals surface area (Å²) in [5, 5.41) is 7.89. The summed E-state index contributed by atoms with van der Waals surface area (Å²) >= 11 is 5.90. The minimum Gasteiger partial charge on any atom is -0.319 e. The highest BCUT2D eigenvalue weighted by Crippen LogP contribution is 2.22. The van der Waals surface area contributed by atoms with Crippen LogP contribution in [0.15, 0.2) is 78.9 Å². The molecule has 1 amide bonds. The zero-order valence-corrected chi connectivity index (χ0v) is 15.9. The van der Waals surface area contributed by atoms with Crippen molar-refractivity contribution in [3.63, 3.8) is 0 Å². The van der Waals surface area contributed by atoms with Gasteiger partial charge in [0.15, 0.2) is 5.82 Å². The first-order valence-corrected chi connectivity index (χ1v) is 9.14. The Morgan fingerprint density at radius 1 is 0.964 bits per heavy atom. The number of halogens is 1. The van der Waals surface area contributed by atoms with Gasteiger partial charge in [0.05, 0.1) is 5.69 Å². The molecule has 4 aromatic rings. The molecule has 0 fully saturated rings. The number of hydrogen-bond donors (Lipinski definition) is 1. The quantitative estimate of drug-likeness (QED) is 0.526. The van der Waals surface area contributed by atoms with Gasteiger partial charge in [-0.25, -0.2) is 9.67 Å². The van der Waals surface area contributed by atoms with E-state index < -0.39 is 0 Å². The molecule has 0 aliphatic rings. The van der Waals surface area contributed by atoms with Gasteiger partial charge in [-0.3, -0.25) is 4.79 Å². The Hall–Kier alpha value is -3.44. The lowest BCUT2D eigenvalue weighted by Crippen LogP contribution is -2.14. The Kier molecular flexibility index (Phi) is 4.91. The highest BCUT2D eigenvalue weighted by molar-refractivity contribution is 6.30. The minimum atomic E-state index is -0.383. The number of aryl methyl sites for hydroxylation is 1. The molecule has 0 aliphatic carbocycles. The van der Waals surface area contributed by atoms with E-state index in [2.05, 4.69) is 15.4 Å². The second-order valence-electron chi connectivity index (χ2n) is 6.34. The molecule has 4 rings (SSSR count). The number of rotatable bonds is 4. The van der Waals surface area contributed by atoms with E-state index in [0.29, 0.717) is 16.5 Å². The van der Waals surface area contributed by atoms with E-state index in [1.54, 1.807) is 28.9 Å². The molecule has 138 valence electrons. The van der Waals surface area contributed by atoms with Crippen LogP contribution in [0.4, 0.5) is 5.69 Å². The van der Waals surface area contributed by atoms with Crippen LogP contribution in [0, 0.1) is 6.92 Å². The number of aromatic nitrogens is 3. The molecule has 0 aliphatic heterocycles. The normalized spacial score (nSPS) is 10.6. The van der Waals surface area contributed by atoms with E-state index >= 15 is 0 Å². The predicted molar refractivity (Wildman–Crippen MR) is 111 cm³/mol. The van der Waals surface area contributed by atoms with Crippen molar-refractivity contribution in [2.75, 3.05) is 5.32 Å². The van der Waals surface area contributed by atoms with Gasteiger partial charge in [0.25, 0.3) is 5.91 Å². The second-order valence-corrected chi connectivity index (χ2v) is 6.77. The molecular formula is C22H17ClN4O. The average Bonchev–Trinajstić information content (AvgIpc) is 3.16. The van der Waals surface area contributed by atoms with Gasteiger partial charge in [0.1, 0.15) is 0 Å². The maximum Gasteiger partial charge on any atom is 0.295 e. The molecule has 1 heterocycles. The molecule has 0 bridgehead atoms. The third kappa shape index (κ3) is 3.80. The fraction of sp³-hybridized carbons (Fsp3) is 0.0455. The average molecular weight is 389 g/mol. The lowest BCUT2D eigenvalue weighted by Gasteiger charge is -2.06. The Bertz CT molecular complexity index is 1120. The van der Waals surface area contributed by atoms with Crippen molar-refractivity contribution in [3.8, 4) is 17.1 Å². The number of carbonyl (C=O) groups excluding carboxylic acids is 1. The first-order valence-electron chi connectivity index (χ1n) is 8.76. The third-order valence-corrected chi connectivity index (χ3v) is 4.44. The first-order chi connectivity index (χ1) is 13.6. The summed E-state index contributed by atoms with van der Waals surface area (Å²) in [6, 6.07) is 24.5. The molecule has 0 saturated heterocycles. The van der Waals surface area contributed by atoms with Crippen molar-refractivity contribution in [1.29, 1.82) is 0 Å². The van der Waals surface area contributed by atoms with Gasteiger partial charge in [-0.15, -0.1) is 5.10 Å². The van der Waals surface area contributed by atoms with Gasteiger partial charge in [-0.05, 0) is 48.9 Å². The summed E-state index contributed by atoms with van der Waals surface area (Å²) in [6.07, 6.45) is 0. The molecule has 0 saturated carbocycles. The zero-order chi connectivity index (χ0) is 19.5. The Morgan fingerprint density at radius 2 is 1.71 bits per heavy atom. The van der Waals surface area contributed by atoms with Crippen LogP contribution in [0.25, 0.3) is 17.1 Å². The van der Waals surface area contributed by atoms with E-state index in [-0.39, 0.29) is 11.7 Å².